The van der Waals surface area contributed by atoms with E-state index in [0.29, 0.717) is 12.0 Å². The van der Waals surface area contributed by atoms with E-state index in [1.54, 1.807) is 14.2 Å². The highest BCUT2D eigenvalue weighted by molar-refractivity contribution is 6.35. The third-order valence-corrected chi connectivity index (χ3v) is 6.96. The monoisotopic (exact) mass is 410 g/mol. The van der Waals surface area contributed by atoms with Gasteiger partial charge in [-0.2, -0.15) is 0 Å². The average Bonchev–Trinajstić information content (AvgIpc) is 3.15. The Balaban J connectivity index is 1.58. The Morgan fingerprint density at radius 1 is 1.03 bits per heavy atom. The molecule has 1 aliphatic carbocycles. The molecule has 2 heterocycles. The van der Waals surface area contributed by atoms with Crippen molar-refractivity contribution < 1.29 is 9.47 Å². The van der Waals surface area contributed by atoms with Crippen LogP contribution in [0.1, 0.15) is 54.5 Å². The molecule has 1 aliphatic heterocycles. The standard InChI is InChI=1S/C24H27ClN2O2/c1-28-20-11-10-14(13-21(20)29-2)12-19-24-22(15-6-3-4-9-18(15)26-19)16-7-5-8-17(25)23(16)27-24/h5,7-8,10-11,13,15,18-19,26-27H,3-4,6,9,12H2,1-2H3/t15-,18?,19-/m1/s1. The number of aromatic amines is 1. The highest BCUT2D eigenvalue weighted by Gasteiger charge is 2.38. The van der Waals surface area contributed by atoms with Gasteiger partial charge in [0.05, 0.1) is 30.8 Å². The second-order valence-electron chi connectivity index (χ2n) is 8.22. The van der Waals surface area contributed by atoms with Crippen molar-refractivity contribution in [1.82, 2.24) is 10.3 Å². The van der Waals surface area contributed by atoms with E-state index in [4.69, 9.17) is 21.1 Å². The van der Waals surface area contributed by atoms with Crippen LogP contribution in [0.5, 0.6) is 11.5 Å². The number of aromatic nitrogens is 1. The van der Waals surface area contributed by atoms with Gasteiger partial charge in [-0.3, -0.25) is 0 Å². The molecule has 1 fully saturated rings. The second kappa shape index (κ2) is 7.58. The van der Waals surface area contributed by atoms with Gasteiger partial charge in [0, 0.05) is 23.0 Å². The topological polar surface area (TPSA) is 46.3 Å². The van der Waals surface area contributed by atoms with Crippen molar-refractivity contribution in [3.63, 3.8) is 0 Å². The maximum atomic E-state index is 6.55. The van der Waals surface area contributed by atoms with Crippen LogP contribution in [-0.4, -0.2) is 25.2 Å². The zero-order chi connectivity index (χ0) is 20.0. The molecule has 5 heteroatoms. The van der Waals surface area contributed by atoms with Crippen molar-refractivity contribution in [3.8, 4) is 11.5 Å². The van der Waals surface area contributed by atoms with Gasteiger partial charge in [0.1, 0.15) is 0 Å². The quantitative estimate of drug-likeness (QED) is 0.575. The average molecular weight is 411 g/mol. The van der Waals surface area contributed by atoms with Gasteiger partial charge in [0.15, 0.2) is 11.5 Å². The molecule has 2 aliphatic rings. The summed E-state index contributed by atoms with van der Waals surface area (Å²) in [6.45, 7) is 0. The first-order valence-electron chi connectivity index (χ1n) is 10.5. The molecule has 29 heavy (non-hydrogen) atoms. The molecular formula is C24H27ClN2O2. The number of H-pyrrole nitrogens is 1. The summed E-state index contributed by atoms with van der Waals surface area (Å²) < 4.78 is 10.9. The third kappa shape index (κ3) is 3.19. The molecule has 0 radical (unpaired) electrons. The lowest BCUT2D eigenvalue weighted by atomic mass is 9.74. The number of fused-ring (bicyclic) bond motifs is 5. The molecule has 2 N–H and O–H groups in total. The summed E-state index contributed by atoms with van der Waals surface area (Å²) in [5.41, 5.74) is 5.08. The molecular weight excluding hydrogens is 384 g/mol. The summed E-state index contributed by atoms with van der Waals surface area (Å²) in [6, 6.07) is 13.2. The number of halogens is 1. The van der Waals surface area contributed by atoms with Crippen molar-refractivity contribution in [3.05, 3.63) is 58.2 Å². The van der Waals surface area contributed by atoms with E-state index in [0.717, 1.165) is 28.5 Å². The van der Waals surface area contributed by atoms with Crippen LogP contribution >= 0.6 is 11.6 Å². The number of rotatable bonds is 4. The van der Waals surface area contributed by atoms with Gasteiger partial charge >= 0.3 is 0 Å². The predicted octanol–water partition coefficient (Wildman–Crippen LogP) is 5.75. The summed E-state index contributed by atoms with van der Waals surface area (Å²) >= 11 is 6.55. The van der Waals surface area contributed by atoms with Crippen molar-refractivity contribution in [2.75, 3.05) is 14.2 Å². The zero-order valence-corrected chi connectivity index (χ0v) is 17.7. The number of nitrogens with one attached hydrogen (secondary N) is 2. The van der Waals surface area contributed by atoms with Crippen LogP contribution in [0.4, 0.5) is 0 Å². The molecule has 5 rings (SSSR count). The Bertz CT molecular complexity index is 1040. The highest BCUT2D eigenvalue weighted by Crippen LogP contribution is 2.46. The first-order chi connectivity index (χ1) is 14.2. The Labute approximate surface area is 176 Å². The van der Waals surface area contributed by atoms with Crippen LogP contribution in [0.2, 0.25) is 5.02 Å². The van der Waals surface area contributed by atoms with Crippen LogP contribution < -0.4 is 14.8 Å². The van der Waals surface area contributed by atoms with Crippen LogP contribution in [0, 0.1) is 0 Å². The lowest BCUT2D eigenvalue weighted by molar-refractivity contribution is 0.274. The maximum absolute atomic E-state index is 6.55. The van der Waals surface area contributed by atoms with Crippen molar-refractivity contribution >= 4 is 22.5 Å². The van der Waals surface area contributed by atoms with E-state index in [1.807, 2.05) is 12.1 Å². The van der Waals surface area contributed by atoms with Gasteiger partial charge < -0.3 is 19.8 Å². The first kappa shape index (κ1) is 18.8. The summed E-state index contributed by atoms with van der Waals surface area (Å²) in [4.78, 5) is 3.69. The molecule has 152 valence electrons. The van der Waals surface area contributed by atoms with Gasteiger partial charge in [-0.25, -0.2) is 0 Å². The summed E-state index contributed by atoms with van der Waals surface area (Å²) in [7, 11) is 3.36. The first-order valence-corrected chi connectivity index (χ1v) is 10.8. The minimum atomic E-state index is 0.228. The number of hydrogen-bond donors (Lipinski definition) is 2. The SMILES string of the molecule is COc1ccc(C[C@H]2NC3CCCC[C@H]3c3c2[nH]c2c(Cl)cccc32)cc1OC. The van der Waals surface area contributed by atoms with E-state index in [9.17, 15) is 0 Å². The molecule has 0 bridgehead atoms. The van der Waals surface area contributed by atoms with Crippen LogP contribution in [0.15, 0.2) is 36.4 Å². The predicted molar refractivity (Wildman–Crippen MR) is 117 cm³/mol. The summed E-state index contributed by atoms with van der Waals surface area (Å²) in [6.07, 6.45) is 5.97. The number of hydrogen-bond acceptors (Lipinski definition) is 3. The molecule has 2 aromatic carbocycles. The van der Waals surface area contributed by atoms with Crippen molar-refractivity contribution in [2.45, 2.75) is 50.1 Å². The largest absolute Gasteiger partial charge is 0.493 e. The van der Waals surface area contributed by atoms with Gasteiger partial charge in [0.25, 0.3) is 0 Å². The number of benzene rings is 2. The summed E-state index contributed by atoms with van der Waals surface area (Å²) in [5.74, 6) is 2.10. The Kier molecular flexibility index (Phi) is 4.92. The van der Waals surface area contributed by atoms with E-state index in [-0.39, 0.29) is 6.04 Å². The van der Waals surface area contributed by atoms with Crippen molar-refractivity contribution in [2.24, 2.45) is 0 Å². The number of ether oxygens (including phenoxy) is 2. The van der Waals surface area contributed by atoms with E-state index >= 15 is 0 Å². The van der Waals surface area contributed by atoms with E-state index < -0.39 is 0 Å². The van der Waals surface area contributed by atoms with Gasteiger partial charge in [-0.05, 0) is 48.6 Å². The Morgan fingerprint density at radius 3 is 2.69 bits per heavy atom. The summed E-state index contributed by atoms with van der Waals surface area (Å²) in [5, 5.41) is 6.05. The fourth-order valence-electron chi connectivity index (χ4n) is 5.32. The fourth-order valence-corrected chi connectivity index (χ4v) is 5.54. The van der Waals surface area contributed by atoms with Crippen LogP contribution in [0.3, 0.4) is 0 Å². The number of methoxy groups -OCH3 is 2. The lowest BCUT2D eigenvalue weighted by Gasteiger charge is -2.41. The number of para-hydroxylation sites is 1. The molecule has 3 atom stereocenters. The fraction of sp³-hybridized carbons (Fsp3) is 0.417. The zero-order valence-electron chi connectivity index (χ0n) is 16.9. The molecule has 1 saturated carbocycles. The molecule has 4 nitrogen and oxygen atoms in total. The minimum absolute atomic E-state index is 0.228. The minimum Gasteiger partial charge on any atom is -0.493 e. The molecule has 1 unspecified atom stereocenters. The van der Waals surface area contributed by atoms with Crippen LogP contribution in [0.25, 0.3) is 10.9 Å². The second-order valence-corrected chi connectivity index (χ2v) is 8.63. The van der Waals surface area contributed by atoms with Gasteiger partial charge in [-0.15, -0.1) is 0 Å². The molecule has 0 spiro atoms. The lowest BCUT2D eigenvalue weighted by Crippen LogP contribution is -2.44. The highest BCUT2D eigenvalue weighted by atomic mass is 35.5. The molecule has 0 amide bonds. The van der Waals surface area contributed by atoms with E-state index in [1.165, 1.54) is 47.9 Å². The smallest absolute Gasteiger partial charge is 0.160 e. The maximum Gasteiger partial charge on any atom is 0.160 e. The normalized spacial score (nSPS) is 23.5. The molecule has 1 aromatic heterocycles. The molecule has 3 aromatic rings. The Hall–Kier alpha value is -2.17. The molecule has 0 saturated heterocycles. The van der Waals surface area contributed by atoms with E-state index in [2.05, 4.69) is 34.6 Å². The van der Waals surface area contributed by atoms with Gasteiger partial charge in [0.2, 0.25) is 0 Å². The third-order valence-electron chi connectivity index (χ3n) is 6.64. The van der Waals surface area contributed by atoms with Gasteiger partial charge in [-0.1, -0.05) is 42.6 Å². The Morgan fingerprint density at radius 2 is 1.86 bits per heavy atom. The van der Waals surface area contributed by atoms with Crippen molar-refractivity contribution in [1.29, 1.82) is 0 Å². The van der Waals surface area contributed by atoms with Crippen LogP contribution in [-0.2, 0) is 6.42 Å².